The number of nitro benzene ring substituents is 1. The molecule has 0 saturated heterocycles. The highest BCUT2D eigenvalue weighted by Crippen LogP contribution is 2.26. The maximum absolute atomic E-state index is 12.1. The number of benzene rings is 2. The summed E-state index contributed by atoms with van der Waals surface area (Å²) in [6, 6.07) is 10.2. The Bertz CT molecular complexity index is 949. The van der Waals surface area contributed by atoms with E-state index in [2.05, 4.69) is 38.3 Å². The van der Waals surface area contributed by atoms with E-state index >= 15 is 0 Å². The number of non-ortho nitro benzene ring substituents is 1. The van der Waals surface area contributed by atoms with Crippen LogP contribution in [0.4, 0.5) is 11.4 Å². The van der Waals surface area contributed by atoms with E-state index in [0.29, 0.717) is 11.3 Å². The van der Waals surface area contributed by atoms with E-state index in [0.717, 1.165) is 41.7 Å². The number of amides is 1. The molecule has 1 amide bonds. The SMILES string of the molecule is CCCCN(CC)c1ccc([N+](=O)[O-])cc1C=NNC(=O)COc1ccc(C)cc1Br. The topological polar surface area (TPSA) is 97.1 Å². The number of hydrogen-bond acceptors (Lipinski definition) is 6. The molecule has 0 saturated carbocycles. The molecule has 0 bridgehead atoms. The summed E-state index contributed by atoms with van der Waals surface area (Å²) in [6.45, 7) is 7.47. The van der Waals surface area contributed by atoms with E-state index in [9.17, 15) is 14.9 Å². The second-order valence-electron chi connectivity index (χ2n) is 6.95. The second-order valence-corrected chi connectivity index (χ2v) is 7.80. The maximum atomic E-state index is 12.1. The smallest absolute Gasteiger partial charge is 0.277 e. The number of hydrogen-bond donors (Lipinski definition) is 1. The van der Waals surface area contributed by atoms with Crippen molar-refractivity contribution in [1.29, 1.82) is 0 Å². The zero-order chi connectivity index (χ0) is 22.8. The molecule has 0 aliphatic rings. The lowest BCUT2D eigenvalue weighted by molar-refractivity contribution is -0.384. The summed E-state index contributed by atoms with van der Waals surface area (Å²) >= 11 is 3.40. The zero-order valence-electron chi connectivity index (χ0n) is 17.9. The molecule has 1 N–H and O–H groups in total. The van der Waals surface area contributed by atoms with Gasteiger partial charge in [0.15, 0.2) is 6.61 Å². The Labute approximate surface area is 190 Å². The van der Waals surface area contributed by atoms with Gasteiger partial charge >= 0.3 is 0 Å². The van der Waals surface area contributed by atoms with Crippen molar-refractivity contribution in [3.8, 4) is 5.75 Å². The van der Waals surface area contributed by atoms with Crippen LogP contribution in [0.25, 0.3) is 0 Å². The van der Waals surface area contributed by atoms with Crippen molar-refractivity contribution in [3.63, 3.8) is 0 Å². The molecule has 2 rings (SSSR count). The van der Waals surface area contributed by atoms with Crippen LogP contribution in [-0.4, -0.2) is 36.7 Å². The van der Waals surface area contributed by atoms with Crippen molar-refractivity contribution in [3.05, 3.63) is 62.1 Å². The number of anilines is 1. The van der Waals surface area contributed by atoms with Gasteiger partial charge in [0, 0.05) is 36.5 Å². The lowest BCUT2D eigenvalue weighted by atomic mass is 10.1. The molecule has 0 atom stereocenters. The normalized spacial score (nSPS) is 10.8. The lowest BCUT2D eigenvalue weighted by Crippen LogP contribution is -2.26. The van der Waals surface area contributed by atoms with E-state index in [-0.39, 0.29) is 12.3 Å². The van der Waals surface area contributed by atoms with Gasteiger partial charge in [-0.1, -0.05) is 19.4 Å². The van der Waals surface area contributed by atoms with Crippen LogP contribution in [0.2, 0.25) is 0 Å². The third-order valence-electron chi connectivity index (χ3n) is 4.56. The predicted octanol–water partition coefficient (Wildman–Crippen LogP) is 4.82. The number of carbonyl (C=O) groups is 1. The van der Waals surface area contributed by atoms with Gasteiger partial charge in [-0.25, -0.2) is 5.43 Å². The predicted molar refractivity (Wildman–Crippen MR) is 126 cm³/mol. The molecule has 31 heavy (non-hydrogen) atoms. The zero-order valence-corrected chi connectivity index (χ0v) is 19.5. The maximum Gasteiger partial charge on any atom is 0.277 e. The minimum atomic E-state index is -0.449. The molecule has 0 unspecified atom stereocenters. The molecule has 8 nitrogen and oxygen atoms in total. The molecular formula is C22H27BrN4O4. The number of halogens is 1. The van der Waals surface area contributed by atoms with Crippen molar-refractivity contribution < 1.29 is 14.5 Å². The van der Waals surface area contributed by atoms with Crippen LogP contribution >= 0.6 is 15.9 Å². The van der Waals surface area contributed by atoms with E-state index in [1.807, 2.05) is 26.0 Å². The molecule has 0 spiro atoms. The largest absolute Gasteiger partial charge is 0.483 e. The van der Waals surface area contributed by atoms with Gasteiger partial charge in [0.05, 0.1) is 15.6 Å². The molecule has 2 aromatic rings. The molecular weight excluding hydrogens is 464 g/mol. The Morgan fingerprint density at radius 1 is 1.29 bits per heavy atom. The lowest BCUT2D eigenvalue weighted by Gasteiger charge is -2.24. The molecule has 0 fully saturated rings. The number of nitrogens with one attached hydrogen (secondary N) is 1. The third-order valence-corrected chi connectivity index (χ3v) is 5.18. The fourth-order valence-electron chi connectivity index (χ4n) is 2.92. The summed E-state index contributed by atoms with van der Waals surface area (Å²) in [5, 5.41) is 15.2. The van der Waals surface area contributed by atoms with Gasteiger partial charge in [-0.05, 0) is 60.0 Å². The highest BCUT2D eigenvalue weighted by Gasteiger charge is 2.14. The molecule has 9 heteroatoms. The van der Waals surface area contributed by atoms with Gasteiger partial charge in [-0.2, -0.15) is 5.10 Å². The number of carbonyl (C=O) groups excluding carboxylic acids is 1. The van der Waals surface area contributed by atoms with Crippen molar-refractivity contribution in [2.75, 3.05) is 24.6 Å². The van der Waals surface area contributed by atoms with E-state index in [4.69, 9.17) is 4.74 Å². The van der Waals surface area contributed by atoms with Crippen LogP contribution in [0, 0.1) is 17.0 Å². The minimum Gasteiger partial charge on any atom is -0.483 e. The Balaban J connectivity index is 2.09. The van der Waals surface area contributed by atoms with Gasteiger partial charge in [-0.15, -0.1) is 0 Å². The first-order valence-electron chi connectivity index (χ1n) is 10.1. The Kier molecular flexibility index (Phi) is 9.45. The van der Waals surface area contributed by atoms with Crippen LogP contribution in [0.1, 0.15) is 37.8 Å². The fourth-order valence-corrected chi connectivity index (χ4v) is 3.52. The first-order chi connectivity index (χ1) is 14.8. The molecule has 0 aliphatic carbocycles. The molecule has 0 aromatic heterocycles. The summed E-state index contributed by atoms with van der Waals surface area (Å²) in [5.74, 6) is 0.120. The number of nitro groups is 1. The summed E-state index contributed by atoms with van der Waals surface area (Å²) in [5.41, 5.74) is 4.85. The van der Waals surface area contributed by atoms with Gasteiger partial charge in [0.25, 0.3) is 11.6 Å². The van der Waals surface area contributed by atoms with Crippen LogP contribution in [0.15, 0.2) is 46.0 Å². The minimum absolute atomic E-state index is 0.0318. The first kappa shape index (κ1) is 24.3. The average Bonchev–Trinajstić information content (AvgIpc) is 2.74. The molecule has 0 aliphatic heterocycles. The first-order valence-corrected chi connectivity index (χ1v) is 10.9. The number of hydrazone groups is 1. The summed E-state index contributed by atoms with van der Waals surface area (Å²) in [4.78, 5) is 25.0. The summed E-state index contributed by atoms with van der Waals surface area (Å²) in [6.07, 6.45) is 3.47. The van der Waals surface area contributed by atoms with Crippen molar-refractivity contribution in [1.82, 2.24) is 5.43 Å². The number of nitrogens with zero attached hydrogens (tertiary/aromatic N) is 3. The fraction of sp³-hybridized carbons (Fsp3) is 0.364. The van der Waals surface area contributed by atoms with Crippen LogP contribution in [-0.2, 0) is 4.79 Å². The van der Waals surface area contributed by atoms with E-state index in [1.165, 1.54) is 18.3 Å². The van der Waals surface area contributed by atoms with Crippen molar-refractivity contribution >= 4 is 39.4 Å². The summed E-state index contributed by atoms with van der Waals surface area (Å²) in [7, 11) is 0. The highest BCUT2D eigenvalue weighted by atomic mass is 79.9. The Morgan fingerprint density at radius 2 is 2.06 bits per heavy atom. The molecule has 0 radical (unpaired) electrons. The number of ether oxygens (including phenoxy) is 1. The van der Waals surface area contributed by atoms with Crippen LogP contribution in [0.3, 0.4) is 0 Å². The van der Waals surface area contributed by atoms with Gasteiger partial charge in [0.2, 0.25) is 0 Å². The number of aryl methyl sites for hydroxylation is 1. The number of rotatable bonds is 11. The standard InChI is InChI=1S/C22H27BrN4O4/c1-4-6-11-26(5-2)20-9-8-18(27(29)30)13-17(20)14-24-25-22(28)15-31-21-10-7-16(3)12-19(21)23/h7-10,12-14H,4-6,11,15H2,1-3H3,(H,25,28). The van der Waals surface area contributed by atoms with E-state index in [1.54, 1.807) is 12.1 Å². The quantitative estimate of drug-likeness (QED) is 0.276. The second kappa shape index (κ2) is 12.0. The van der Waals surface area contributed by atoms with Gasteiger partial charge in [-0.3, -0.25) is 14.9 Å². The Hall–Kier alpha value is -2.94. The van der Waals surface area contributed by atoms with Crippen LogP contribution in [0.5, 0.6) is 5.75 Å². The van der Waals surface area contributed by atoms with E-state index < -0.39 is 10.8 Å². The highest BCUT2D eigenvalue weighted by molar-refractivity contribution is 9.10. The number of unbranched alkanes of at least 4 members (excludes halogenated alkanes) is 1. The third kappa shape index (κ3) is 7.36. The van der Waals surface area contributed by atoms with Crippen molar-refractivity contribution in [2.24, 2.45) is 5.10 Å². The molecule has 166 valence electrons. The van der Waals surface area contributed by atoms with Crippen molar-refractivity contribution in [2.45, 2.75) is 33.6 Å². The van der Waals surface area contributed by atoms with Gasteiger partial charge < -0.3 is 9.64 Å². The molecule has 0 heterocycles. The monoisotopic (exact) mass is 490 g/mol. The summed E-state index contributed by atoms with van der Waals surface area (Å²) < 4.78 is 6.26. The Morgan fingerprint density at radius 3 is 2.71 bits per heavy atom. The average molecular weight is 491 g/mol. The van der Waals surface area contributed by atoms with Crippen LogP contribution < -0.4 is 15.1 Å². The molecule has 2 aromatic carbocycles. The van der Waals surface area contributed by atoms with Gasteiger partial charge in [0.1, 0.15) is 5.75 Å².